The average molecular weight is 262 g/mol. The molecule has 5 nitrogen and oxygen atoms in total. The van der Waals surface area contributed by atoms with Gasteiger partial charge < -0.3 is 9.90 Å². The van der Waals surface area contributed by atoms with Gasteiger partial charge in [-0.25, -0.2) is 27.1 Å². The molecule has 0 aliphatic rings. The Morgan fingerprint density at radius 3 is 2.39 bits per heavy atom. The molecule has 0 atom stereocenters. The van der Waals surface area contributed by atoms with Gasteiger partial charge in [0.15, 0.2) is 5.65 Å². The van der Waals surface area contributed by atoms with Crippen LogP contribution in [0.2, 0.25) is 0 Å². The predicted molar refractivity (Wildman–Crippen MR) is 47.2 cm³/mol. The zero-order valence-electron chi connectivity index (χ0n) is 8.48. The molecule has 0 N–H and O–H groups in total. The van der Waals surface area contributed by atoms with Crippen molar-refractivity contribution in [3.8, 4) is 0 Å². The Bertz CT molecular complexity index is 611. The van der Waals surface area contributed by atoms with Crippen LogP contribution in [-0.2, 0) is 0 Å². The molecular formula is C9H4F4N3O2-. The van der Waals surface area contributed by atoms with Gasteiger partial charge in [-0.15, -0.1) is 0 Å². The minimum absolute atomic E-state index is 0.401. The van der Waals surface area contributed by atoms with E-state index in [1.165, 1.54) is 0 Å². The van der Waals surface area contributed by atoms with Gasteiger partial charge in [0.2, 0.25) is 0 Å². The monoisotopic (exact) mass is 262 g/mol. The summed E-state index contributed by atoms with van der Waals surface area (Å²) in [6.07, 6.45) is -6.14. The molecule has 2 rings (SSSR count). The molecule has 96 valence electrons. The Hall–Kier alpha value is -2.19. The van der Waals surface area contributed by atoms with Crippen LogP contribution < -0.4 is 5.11 Å². The maximum atomic E-state index is 12.7. The van der Waals surface area contributed by atoms with Crippen LogP contribution in [-0.4, -0.2) is 20.6 Å². The van der Waals surface area contributed by atoms with Gasteiger partial charge in [-0.3, -0.25) is 0 Å². The summed E-state index contributed by atoms with van der Waals surface area (Å²) in [6.45, 7) is 0. The number of hydrogen-bond donors (Lipinski definition) is 0. The van der Waals surface area contributed by atoms with Crippen molar-refractivity contribution in [3.63, 3.8) is 0 Å². The normalized spacial score (nSPS) is 11.7. The van der Waals surface area contributed by atoms with Crippen molar-refractivity contribution >= 4 is 11.6 Å². The van der Waals surface area contributed by atoms with E-state index in [1.54, 1.807) is 0 Å². The van der Waals surface area contributed by atoms with Crippen molar-refractivity contribution in [2.24, 2.45) is 0 Å². The average Bonchev–Trinajstić information content (AvgIpc) is 2.70. The van der Waals surface area contributed by atoms with Gasteiger partial charge >= 0.3 is 0 Å². The number of carbonyl (C=O) groups excluding carboxylic acids is 1. The summed E-state index contributed by atoms with van der Waals surface area (Å²) < 4.78 is 50.7. The second-order valence-electron chi connectivity index (χ2n) is 3.29. The maximum absolute atomic E-state index is 12.7. The van der Waals surface area contributed by atoms with Crippen LogP contribution in [0.15, 0.2) is 12.1 Å². The number of carbonyl (C=O) groups is 1. The Labute approximate surface area is 96.7 Å². The Morgan fingerprint density at radius 1 is 1.22 bits per heavy atom. The first kappa shape index (κ1) is 12.3. The number of carboxylic acids is 1. The first-order valence-corrected chi connectivity index (χ1v) is 4.58. The van der Waals surface area contributed by atoms with E-state index in [-0.39, 0.29) is 0 Å². The van der Waals surface area contributed by atoms with E-state index >= 15 is 0 Å². The van der Waals surface area contributed by atoms with Gasteiger partial charge in [-0.1, -0.05) is 0 Å². The van der Waals surface area contributed by atoms with E-state index < -0.39 is 41.5 Å². The minimum atomic E-state index is -3.09. The van der Waals surface area contributed by atoms with Crippen LogP contribution in [0.1, 0.15) is 34.7 Å². The third-order valence-electron chi connectivity index (χ3n) is 2.13. The highest BCUT2D eigenvalue weighted by atomic mass is 19.3. The number of fused-ring (bicyclic) bond motifs is 1. The highest BCUT2D eigenvalue weighted by Crippen LogP contribution is 2.25. The molecule has 0 saturated carbocycles. The Kier molecular flexibility index (Phi) is 2.89. The SMILES string of the molecule is O=C([O-])c1cc2nc(C(F)F)cc(C(F)F)n2n1. The van der Waals surface area contributed by atoms with E-state index in [0.29, 0.717) is 10.6 Å². The summed E-state index contributed by atoms with van der Waals surface area (Å²) in [4.78, 5) is 13.9. The highest BCUT2D eigenvalue weighted by molar-refractivity contribution is 5.84. The van der Waals surface area contributed by atoms with Crippen molar-refractivity contribution in [2.75, 3.05) is 0 Å². The third kappa shape index (κ3) is 1.98. The van der Waals surface area contributed by atoms with Gasteiger partial charge in [0, 0.05) is 6.07 Å². The van der Waals surface area contributed by atoms with Gasteiger partial charge in [-0.05, 0) is 6.07 Å². The predicted octanol–water partition coefficient (Wildman–Crippen LogP) is 0.968. The third-order valence-corrected chi connectivity index (χ3v) is 2.13. The van der Waals surface area contributed by atoms with E-state index in [4.69, 9.17) is 0 Å². The molecule has 0 bridgehead atoms. The molecule has 0 amide bonds. The molecule has 2 heterocycles. The topological polar surface area (TPSA) is 70.3 Å². The van der Waals surface area contributed by atoms with Crippen molar-refractivity contribution in [2.45, 2.75) is 12.9 Å². The fourth-order valence-corrected chi connectivity index (χ4v) is 1.39. The van der Waals surface area contributed by atoms with Crippen molar-refractivity contribution in [1.29, 1.82) is 0 Å². The van der Waals surface area contributed by atoms with Crippen LogP contribution >= 0.6 is 0 Å². The summed E-state index contributed by atoms with van der Waals surface area (Å²) in [5.41, 5.74) is -2.79. The molecule has 0 saturated heterocycles. The Morgan fingerprint density at radius 2 is 1.89 bits per heavy atom. The zero-order valence-corrected chi connectivity index (χ0v) is 8.48. The lowest BCUT2D eigenvalue weighted by molar-refractivity contribution is -0.255. The van der Waals surface area contributed by atoms with Crippen LogP contribution in [0.3, 0.4) is 0 Å². The molecule has 9 heteroatoms. The fraction of sp³-hybridized carbons (Fsp3) is 0.222. The largest absolute Gasteiger partial charge is 0.543 e. The number of alkyl halides is 4. The molecular weight excluding hydrogens is 258 g/mol. The van der Waals surface area contributed by atoms with Crippen LogP contribution in [0.5, 0.6) is 0 Å². The molecule has 0 fully saturated rings. The zero-order chi connectivity index (χ0) is 13.4. The summed E-state index contributed by atoms with van der Waals surface area (Å²) >= 11 is 0. The molecule has 0 aliphatic carbocycles. The lowest BCUT2D eigenvalue weighted by Crippen LogP contribution is -2.22. The molecule has 0 spiro atoms. The van der Waals surface area contributed by atoms with Crippen LogP contribution in [0, 0.1) is 0 Å². The van der Waals surface area contributed by atoms with Crippen LogP contribution in [0.25, 0.3) is 5.65 Å². The summed E-state index contributed by atoms with van der Waals surface area (Å²) in [5.74, 6) is -1.71. The lowest BCUT2D eigenvalue weighted by atomic mass is 10.3. The van der Waals surface area contributed by atoms with Gasteiger partial charge in [0.05, 0.1) is 5.97 Å². The molecule has 18 heavy (non-hydrogen) atoms. The van der Waals surface area contributed by atoms with Crippen molar-refractivity contribution in [1.82, 2.24) is 14.6 Å². The van der Waals surface area contributed by atoms with Crippen molar-refractivity contribution in [3.05, 3.63) is 29.2 Å². The fourth-order valence-electron chi connectivity index (χ4n) is 1.39. The van der Waals surface area contributed by atoms with E-state index in [0.717, 1.165) is 6.07 Å². The molecule has 0 unspecified atom stereocenters. The summed E-state index contributed by atoms with van der Waals surface area (Å²) in [5, 5.41) is 13.8. The highest BCUT2D eigenvalue weighted by Gasteiger charge is 2.20. The quantitative estimate of drug-likeness (QED) is 0.773. The summed E-state index contributed by atoms with van der Waals surface area (Å²) in [6, 6.07) is 1.27. The second-order valence-corrected chi connectivity index (χ2v) is 3.29. The molecule has 0 aromatic carbocycles. The maximum Gasteiger partial charge on any atom is 0.280 e. The molecule has 0 radical (unpaired) electrons. The first-order valence-electron chi connectivity index (χ1n) is 4.58. The van der Waals surface area contributed by atoms with E-state index in [9.17, 15) is 27.5 Å². The first-order chi connectivity index (χ1) is 8.40. The number of aromatic nitrogens is 3. The molecule has 2 aromatic heterocycles. The summed E-state index contributed by atoms with van der Waals surface area (Å²) in [7, 11) is 0. The molecule has 2 aromatic rings. The number of aromatic carboxylic acids is 1. The van der Waals surface area contributed by atoms with Crippen molar-refractivity contribution < 1.29 is 27.5 Å². The second kappa shape index (κ2) is 4.24. The van der Waals surface area contributed by atoms with Gasteiger partial charge in [-0.2, -0.15) is 5.10 Å². The number of nitrogens with zero attached hydrogens (tertiary/aromatic N) is 3. The smallest absolute Gasteiger partial charge is 0.280 e. The lowest BCUT2D eigenvalue weighted by Gasteiger charge is -2.06. The van der Waals surface area contributed by atoms with Gasteiger partial charge in [0.25, 0.3) is 12.9 Å². The van der Waals surface area contributed by atoms with Gasteiger partial charge in [0.1, 0.15) is 17.1 Å². The number of rotatable bonds is 3. The number of carboxylic acid groups (broad SMARTS) is 1. The molecule has 0 aliphatic heterocycles. The van der Waals surface area contributed by atoms with E-state index in [2.05, 4.69) is 10.1 Å². The number of halogens is 4. The number of hydrogen-bond acceptors (Lipinski definition) is 4. The standard InChI is InChI=1S/C9H5F4N3O2/c10-7(11)3-1-5(8(12)13)16-6(14-3)2-4(15-16)9(17)18/h1-2,7-8H,(H,17,18)/p-1. The minimum Gasteiger partial charge on any atom is -0.543 e. The van der Waals surface area contributed by atoms with Crippen LogP contribution in [0.4, 0.5) is 17.6 Å². The Balaban J connectivity index is 2.73. The van der Waals surface area contributed by atoms with E-state index in [1.807, 2.05) is 0 Å².